The zero-order valence-electron chi connectivity index (χ0n) is 9.98. The summed E-state index contributed by atoms with van der Waals surface area (Å²) in [7, 11) is 1.98. The minimum absolute atomic E-state index is 0.526. The highest BCUT2D eigenvalue weighted by Crippen LogP contribution is 2.16. The third-order valence-electron chi connectivity index (χ3n) is 3.13. The second-order valence-corrected chi connectivity index (χ2v) is 4.40. The van der Waals surface area contributed by atoms with Crippen LogP contribution in [0.1, 0.15) is 31.4 Å². The Morgan fingerprint density at radius 2 is 2.56 bits per heavy atom. The Bertz CT molecular complexity index is 305. The number of nitrogens with zero attached hydrogens (tertiary/aromatic N) is 2. The molecule has 4 heteroatoms. The van der Waals surface area contributed by atoms with Crippen LogP contribution in [0.4, 0.5) is 0 Å². The Kier molecular flexibility index (Phi) is 4.36. The maximum atomic E-state index is 5.58. The Morgan fingerprint density at radius 3 is 3.25 bits per heavy atom. The highest BCUT2D eigenvalue weighted by molar-refractivity contribution is 4.98. The minimum Gasteiger partial charge on any atom is -0.378 e. The first-order valence-electron chi connectivity index (χ1n) is 6.15. The molecule has 1 unspecified atom stereocenters. The van der Waals surface area contributed by atoms with Crippen molar-refractivity contribution >= 4 is 0 Å². The maximum absolute atomic E-state index is 5.58. The van der Waals surface area contributed by atoms with Gasteiger partial charge >= 0.3 is 0 Å². The van der Waals surface area contributed by atoms with Gasteiger partial charge in [0.25, 0.3) is 0 Å². The highest BCUT2D eigenvalue weighted by atomic mass is 16.5. The molecule has 0 amide bonds. The van der Waals surface area contributed by atoms with Crippen molar-refractivity contribution in [1.82, 2.24) is 15.1 Å². The number of ether oxygens (including phenoxy) is 1. The Balaban J connectivity index is 1.53. The number of rotatable bonds is 6. The van der Waals surface area contributed by atoms with E-state index in [0.29, 0.717) is 6.10 Å². The molecule has 1 saturated heterocycles. The quantitative estimate of drug-likeness (QED) is 0.742. The molecule has 0 aliphatic carbocycles. The molecule has 0 aromatic carbocycles. The van der Waals surface area contributed by atoms with Gasteiger partial charge in [-0.25, -0.2) is 0 Å². The van der Waals surface area contributed by atoms with E-state index in [0.717, 1.165) is 19.7 Å². The van der Waals surface area contributed by atoms with E-state index in [1.54, 1.807) is 0 Å². The van der Waals surface area contributed by atoms with Crippen LogP contribution in [0.15, 0.2) is 12.3 Å². The molecule has 0 bridgehead atoms. The topological polar surface area (TPSA) is 39.1 Å². The summed E-state index contributed by atoms with van der Waals surface area (Å²) in [5.41, 5.74) is 1.23. The van der Waals surface area contributed by atoms with Gasteiger partial charge in [0.1, 0.15) is 0 Å². The first kappa shape index (κ1) is 11.6. The zero-order valence-corrected chi connectivity index (χ0v) is 9.98. The summed E-state index contributed by atoms with van der Waals surface area (Å²) in [5.74, 6) is 0. The second kappa shape index (κ2) is 6.01. The predicted molar refractivity (Wildman–Crippen MR) is 63.1 cm³/mol. The second-order valence-electron chi connectivity index (χ2n) is 4.40. The molecule has 0 saturated carbocycles. The van der Waals surface area contributed by atoms with Crippen molar-refractivity contribution in [2.24, 2.45) is 7.05 Å². The first-order valence-corrected chi connectivity index (χ1v) is 6.15. The summed E-state index contributed by atoms with van der Waals surface area (Å²) in [6.07, 6.45) is 7.25. The van der Waals surface area contributed by atoms with Crippen LogP contribution in [0.5, 0.6) is 0 Å². The van der Waals surface area contributed by atoms with E-state index >= 15 is 0 Å². The Labute approximate surface area is 97.0 Å². The SMILES string of the molecule is Cn1nccc1CNCCCC1CCCO1. The molecule has 16 heavy (non-hydrogen) atoms. The molecule has 1 fully saturated rings. The summed E-state index contributed by atoms with van der Waals surface area (Å²) >= 11 is 0. The number of nitrogens with one attached hydrogen (secondary N) is 1. The van der Waals surface area contributed by atoms with E-state index in [2.05, 4.69) is 10.4 Å². The van der Waals surface area contributed by atoms with Crippen molar-refractivity contribution in [2.75, 3.05) is 13.2 Å². The summed E-state index contributed by atoms with van der Waals surface area (Å²) < 4.78 is 7.49. The monoisotopic (exact) mass is 223 g/mol. The van der Waals surface area contributed by atoms with Gasteiger partial charge in [-0.05, 0) is 38.3 Å². The molecule has 2 heterocycles. The van der Waals surface area contributed by atoms with E-state index in [1.165, 1.54) is 31.4 Å². The normalized spacial score (nSPS) is 20.4. The van der Waals surface area contributed by atoms with E-state index in [4.69, 9.17) is 4.74 Å². The van der Waals surface area contributed by atoms with Crippen molar-refractivity contribution < 1.29 is 4.74 Å². The fourth-order valence-corrected chi connectivity index (χ4v) is 2.12. The van der Waals surface area contributed by atoms with Crippen LogP contribution in [0.25, 0.3) is 0 Å². The molecule has 1 atom stereocenters. The first-order chi connectivity index (χ1) is 7.86. The lowest BCUT2D eigenvalue weighted by Crippen LogP contribution is -2.18. The average Bonchev–Trinajstić information content (AvgIpc) is 2.90. The molecule has 4 nitrogen and oxygen atoms in total. The number of aromatic nitrogens is 2. The lowest BCUT2D eigenvalue weighted by atomic mass is 10.1. The summed E-state index contributed by atoms with van der Waals surface area (Å²) in [6.45, 7) is 2.93. The van der Waals surface area contributed by atoms with Crippen LogP contribution in [0.2, 0.25) is 0 Å². The van der Waals surface area contributed by atoms with E-state index < -0.39 is 0 Å². The van der Waals surface area contributed by atoms with E-state index in [1.807, 2.05) is 24.0 Å². The Hall–Kier alpha value is -0.870. The lowest BCUT2D eigenvalue weighted by Gasteiger charge is -2.09. The molecule has 1 aromatic heterocycles. The molecule has 1 aromatic rings. The molecule has 0 radical (unpaired) electrons. The standard InChI is InChI=1S/C12H21N3O/c1-15-11(6-8-14-15)10-13-7-2-4-12-5-3-9-16-12/h6,8,12-13H,2-5,7,9-10H2,1H3. The molecule has 1 aliphatic heterocycles. The van der Waals surface area contributed by atoms with Crippen molar-refractivity contribution in [3.63, 3.8) is 0 Å². The smallest absolute Gasteiger partial charge is 0.0576 e. The van der Waals surface area contributed by atoms with Crippen LogP contribution in [0, 0.1) is 0 Å². The zero-order chi connectivity index (χ0) is 11.2. The van der Waals surface area contributed by atoms with Crippen molar-refractivity contribution in [3.05, 3.63) is 18.0 Å². The molecule has 2 rings (SSSR count). The Morgan fingerprint density at radius 1 is 1.62 bits per heavy atom. The van der Waals surface area contributed by atoms with Crippen LogP contribution in [0.3, 0.4) is 0 Å². The van der Waals surface area contributed by atoms with Crippen LogP contribution < -0.4 is 5.32 Å². The molecular weight excluding hydrogens is 202 g/mol. The largest absolute Gasteiger partial charge is 0.378 e. The highest BCUT2D eigenvalue weighted by Gasteiger charge is 2.14. The number of hydrogen-bond acceptors (Lipinski definition) is 3. The van der Waals surface area contributed by atoms with Gasteiger partial charge in [-0.2, -0.15) is 5.10 Å². The average molecular weight is 223 g/mol. The number of hydrogen-bond donors (Lipinski definition) is 1. The lowest BCUT2D eigenvalue weighted by molar-refractivity contribution is 0.102. The summed E-state index contributed by atoms with van der Waals surface area (Å²) in [5, 5.41) is 7.57. The molecular formula is C12H21N3O. The van der Waals surface area contributed by atoms with Gasteiger partial charge in [-0.15, -0.1) is 0 Å². The van der Waals surface area contributed by atoms with Crippen molar-refractivity contribution in [1.29, 1.82) is 0 Å². The molecule has 1 aliphatic rings. The van der Waals surface area contributed by atoms with Gasteiger partial charge in [-0.1, -0.05) is 0 Å². The molecule has 1 N–H and O–H groups in total. The van der Waals surface area contributed by atoms with Gasteiger partial charge in [0.05, 0.1) is 11.8 Å². The van der Waals surface area contributed by atoms with Crippen LogP contribution in [-0.2, 0) is 18.3 Å². The van der Waals surface area contributed by atoms with E-state index in [-0.39, 0.29) is 0 Å². The fourth-order valence-electron chi connectivity index (χ4n) is 2.12. The van der Waals surface area contributed by atoms with Gasteiger partial charge in [0.2, 0.25) is 0 Å². The fraction of sp³-hybridized carbons (Fsp3) is 0.750. The molecule has 0 spiro atoms. The third kappa shape index (κ3) is 3.32. The third-order valence-corrected chi connectivity index (χ3v) is 3.13. The molecule has 90 valence electrons. The van der Waals surface area contributed by atoms with Crippen LogP contribution in [-0.4, -0.2) is 29.0 Å². The van der Waals surface area contributed by atoms with Gasteiger partial charge < -0.3 is 10.1 Å². The van der Waals surface area contributed by atoms with Gasteiger partial charge in [0.15, 0.2) is 0 Å². The maximum Gasteiger partial charge on any atom is 0.0576 e. The predicted octanol–water partition coefficient (Wildman–Crippen LogP) is 1.47. The van der Waals surface area contributed by atoms with Crippen LogP contribution >= 0.6 is 0 Å². The minimum atomic E-state index is 0.526. The number of aryl methyl sites for hydroxylation is 1. The summed E-state index contributed by atoms with van der Waals surface area (Å²) in [6, 6.07) is 2.05. The van der Waals surface area contributed by atoms with Crippen molar-refractivity contribution in [3.8, 4) is 0 Å². The summed E-state index contributed by atoms with van der Waals surface area (Å²) in [4.78, 5) is 0. The van der Waals surface area contributed by atoms with Crippen molar-refractivity contribution in [2.45, 2.75) is 38.3 Å². The van der Waals surface area contributed by atoms with Gasteiger partial charge in [0, 0.05) is 26.4 Å². The van der Waals surface area contributed by atoms with E-state index in [9.17, 15) is 0 Å². The van der Waals surface area contributed by atoms with Gasteiger partial charge in [-0.3, -0.25) is 4.68 Å².